The highest BCUT2D eigenvalue weighted by Crippen LogP contribution is 2.43. The number of esters is 1. The Morgan fingerprint density at radius 2 is 2.35 bits per heavy atom. The van der Waals surface area contributed by atoms with Gasteiger partial charge in [0, 0.05) is 25.1 Å². The van der Waals surface area contributed by atoms with Gasteiger partial charge in [0.05, 0.1) is 11.3 Å². The van der Waals surface area contributed by atoms with E-state index in [1.807, 2.05) is 12.3 Å². The summed E-state index contributed by atoms with van der Waals surface area (Å²) in [6.07, 6.45) is 7.96. The molecule has 102 valence electrons. The Bertz CT molecular complexity index is 663. The van der Waals surface area contributed by atoms with Gasteiger partial charge >= 0.3 is 5.97 Å². The van der Waals surface area contributed by atoms with E-state index in [-0.39, 0.29) is 12.1 Å². The lowest BCUT2D eigenvalue weighted by Crippen LogP contribution is -2.37. The SMILES string of the molecule is CC[n+]1ccc2c(c1)OC1=C3C=CC(=O)OC3CCN12. The third-order valence-corrected chi connectivity index (χ3v) is 3.93. The summed E-state index contributed by atoms with van der Waals surface area (Å²) >= 11 is 0. The molecule has 0 N–H and O–H groups in total. The van der Waals surface area contributed by atoms with Crippen LogP contribution in [0, 0.1) is 0 Å². The summed E-state index contributed by atoms with van der Waals surface area (Å²) < 4.78 is 13.4. The molecular formula is C15H15N2O3+. The zero-order valence-electron chi connectivity index (χ0n) is 11.2. The van der Waals surface area contributed by atoms with Crippen LogP contribution in [0.3, 0.4) is 0 Å². The molecule has 0 aromatic carbocycles. The second-order valence-corrected chi connectivity index (χ2v) is 5.09. The van der Waals surface area contributed by atoms with Crippen LogP contribution >= 0.6 is 0 Å². The first-order valence-electron chi connectivity index (χ1n) is 6.87. The van der Waals surface area contributed by atoms with Crippen LogP contribution in [0.4, 0.5) is 5.69 Å². The molecule has 0 saturated heterocycles. The topological polar surface area (TPSA) is 42.6 Å². The molecular weight excluding hydrogens is 256 g/mol. The van der Waals surface area contributed by atoms with Crippen LogP contribution in [-0.2, 0) is 16.1 Å². The molecule has 1 atom stereocenters. The average Bonchev–Trinajstić information content (AvgIpc) is 2.84. The normalized spacial score (nSPS) is 22.9. The summed E-state index contributed by atoms with van der Waals surface area (Å²) in [7, 11) is 0. The van der Waals surface area contributed by atoms with Gasteiger partial charge in [0.1, 0.15) is 12.6 Å². The Labute approximate surface area is 116 Å². The number of pyridine rings is 1. The van der Waals surface area contributed by atoms with Gasteiger partial charge in [-0.15, -0.1) is 0 Å². The first kappa shape index (κ1) is 11.5. The molecule has 4 rings (SSSR count). The van der Waals surface area contributed by atoms with Crippen LogP contribution in [0.5, 0.6) is 5.75 Å². The van der Waals surface area contributed by atoms with E-state index in [0.29, 0.717) is 0 Å². The number of hydrogen-bond donors (Lipinski definition) is 0. The first-order valence-corrected chi connectivity index (χ1v) is 6.87. The number of anilines is 1. The lowest BCUT2D eigenvalue weighted by molar-refractivity contribution is -0.693. The Morgan fingerprint density at radius 3 is 3.20 bits per heavy atom. The molecule has 0 saturated carbocycles. The van der Waals surface area contributed by atoms with E-state index in [4.69, 9.17) is 9.47 Å². The van der Waals surface area contributed by atoms with Gasteiger partial charge in [-0.2, -0.15) is 0 Å². The number of carbonyl (C=O) groups is 1. The second-order valence-electron chi connectivity index (χ2n) is 5.09. The molecule has 3 aliphatic rings. The quantitative estimate of drug-likeness (QED) is 0.570. The molecule has 4 heterocycles. The molecule has 0 aliphatic carbocycles. The van der Waals surface area contributed by atoms with Crippen LogP contribution < -0.4 is 14.2 Å². The van der Waals surface area contributed by atoms with E-state index in [0.717, 1.165) is 42.4 Å². The smallest absolute Gasteiger partial charge is 0.331 e. The van der Waals surface area contributed by atoms with Gasteiger partial charge < -0.3 is 14.4 Å². The first-order chi connectivity index (χ1) is 9.76. The van der Waals surface area contributed by atoms with E-state index in [9.17, 15) is 4.79 Å². The van der Waals surface area contributed by atoms with Crippen molar-refractivity contribution in [2.75, 3.05) is 11.4 Å². The second kappa shape index (κ2) is 4.10. The predicted molar refractivity (Wildman–Crippen MR) is 70.9 cm³/mol. The van der Waals surface area contributed by atoms with Gasteiger partial charge in [0.2, 0.25) is 17.8 Å². The number of ether oxygens (including phenoxy) is 2. The van der Waals surface area contributed by atoms with E-state index < -0.39 is 0 Å². The largest absolute Gasteiger partial charge is 0.454 e. The lowest BCUT2D eigenvalue weighted by Gasteiger charge is -2.31. The van der Waals surface area contributed by atoms with Crippen LogP contribution in [0.15, 0.2) is 42.1 Å². The number of nitrogens with zero attached hydrogens (tertiary/aromatic N) is 2. The summed E-state index contributed by atoms with van der Waals surface area (Å²) in [4.78, 5) is 13.5. The predicted octanol–water partition coefficient (Wildman–Crippen LogP) is 1.29. The minimum atomic E-state index is -0.271. The van der Waals surface area contributed by atoms with E-state index in [1.54, 1.807) is 0 Å². The van der Waals surface area contributed by atoms with Crippen molar-refractivity contribution in [1.29, 1.82) is 0 Å². The van der Waals surface area contributed by atoms with Crippen molar-refractivity contribution < 1.29 is 18.8 Å². The zero-order chi connectivity index (χ0) is 13.7. The highest BCUT2D eigenvalue weighted by Gasteiger charge is 2.39. The molecule has 0 fully saturated rings. The number of hydrogen-bond acceptors (Lipinski definition) is 4. The lowest BCUT2D eigenvalue weighted by atomic mass is 10.0. The molecule has 5 heteroatoms. The molecule has 1 aromatic rings. The van der Waals surface area contributed by atoms with E-state index >= 15 is 0 Å². The summed E-state index contributed by atoms with van der Waals surface area (Å²) in [6, 6.07) is 2.07. The standard InChI is InChI=1S/C15H15N2O3/c1-2-16-7-5-11-13(9-16)20-15-10-3-4-14(18)19-12(10)6-8-17(11)15/h3-5,7,9,12H,2,6,8H2,1H3/q+1. The number of aromatic nitrogens is 1. The monoisotopic (exact) mass is 271 g/mol. The number of fused-ring (bicyclic) bond motifs is 4. The minimum Gasteiger partial charge on any atom is -0.454 e. The van der Waals surface area contributed by atoms with E-state index in [2.05, 4.69) is 28.7 Å². The van der Waals surface area contributed by atoms with Gasteiger partial charge in [0.25, 0.3) is 0 Å². The van der Waals surface area contributed by atoms with Crippen LogP contribution in [0.25, 0.3) is 0 Å². The van der Waals surface area contributed by atoms with Crippen LogP contribution in [-0.4, -0.2) is 18.6 Å². The highest BCUT2D eigenvalue weighted by atomic mass is 16.5. The fourth-order valence-electron chi connectivity index (χ4n) is 2.89. The maximum absolute atomic E-state index is 11.3. The molecule has 0 amide bonds. The number of rotatable bonds is 1. The molecule has 1 aromatic heterocycles. The van der Waals surface area contributed by atoms with Crippen molar-refractivity contribution in [1.82, 2.24) is 0 Å². The van der Waals surface area contributed by atoms with Crippen molar-refractivity contribution in [3.63, 3.8) is 0 Å². The molecule has 0 radical (unpaired) electrons. The highest BCUT2D eigenvalue weighted by molar-refractivity contribution is 5.85. The molecule has 0 spiro atoms. The minimum absolute atomic E-state index is 0.175. The summed E-state index contributed by atoms with van der Waals surface area (Å²) in [5.74, 6) is 1.39. The fraction of sp³-hybridized carbons (Fsp3) is 0.333. The van der Waals surface area contributed by atoms with Gasteiger partial charge in [0.15, 0.2) is 6.20 Å². The maximum atomic E-state index is 11.3. The van der Waals surface area contributed by atoms with Crippen molar-refractivity contribution in [3.8, 4) is 5.75 Å². The van der Waals surface area contributed by atoms with Crippen molar-refractivity contribution >= 4 is 11.7 Å². The molecule has 1 unspecified atom stereocenters. The zero-order valence-corrected chi connectivity index (χ0v) is 11.2. The molecule has 0 bridgehead atoms. The summed E-state index contributed by atoms with van der Waals surface area (Å²) in [6.45, 7) is 3.80. The van der Waals surface area contributed by atoms with Crippen molar-refractivity contribution in [2.45, 2.75) is 26.0 Å². The Hall–Kier alpha value is -2.30. The Morgan fingerprint density at radius 1 is 1.45 bits per heavy atom. The van der Waals surface area contributed by atoms with Crippen LogP contribution in [0.1, 0.15) is 13.3 Å². The third-order valence-electron chi connectivity index (χ3n) is 3.93. The molecule has 5 nitrogen and oxygen atoms in total. The fourth-order valence-corrected chi connectivity index (χ4v) is 2.89. The maximum Gasteiger partial charge on any atom is 0.331 e. The van der Waals surface area contributed by atoms with Crippen LogP contribution in [0.2, 0.25) is 0 Å². The van der Waals surface area contributed by atoms with Crippen molar-refractivity contribution in [2.24, 2.45) is 0 Å². The third kappa shape index (κ3) is 1.56. The number of aryl methyl sites for hydroxylation is 1. The summed E-state index contributed by atoms with van der Waals surface area (Å²) in [5, 5.41) is 0. The van der Waals surface area contributed by atoms with Gasteiger partial charge in [-0.05, 0) is 13.0 Å². The summed E-state index contributed by atoms with van der Waals surface area (Å²) in [5.41, 5.74) is 2.04. The van der Waals surface area contributed by atoms with E-state index in [1.165, 1.54) is 6.08 Å². The van der Waals surface area contributed by atoms with Gasteiger partial charge in [-0.1, -0.05) is 0 Å². The Kier molecular flexibility index (Phi) is 2.36. The molecule has 3 aliphatic heterocycles. The Balaban J connectivity index is 1.80. The molecule has 20 heavy (non-hydrogen) atoms. The van der Waals surface area contributed by atoms with Gasteiger partial charge in [-0.25, -0.2) is 9.36 Å². The van der Waals surface area contributed by atoms with Gasteiger partial charge in [-0.3, -0.25) is 0 Å². The number of carbonyl (C=O) groups excluding carboxylic acids is 1. The average molecular weight is 271 g/mol. The van der Waals surface area contributed by atoms with Crippen molar-refractivity contribution in [3.05, 3.63) is 42.1 Å².